The van der Waals surface area contributed by atoms with Gasteiger partial charge in [-0.2, -0.15) is 0 Å². The highest BCUT2D eigenvalue weighted by Crippen LogP contribution is 2.28. The number of nitrogens with zero attached hydrogens (tertiary/aromatic N) is 2. The van der Waals surface area contributed by atoms with E-state index in [4.69, 9.17) is 0 Å². The molecule has 1 aromatic heterocycles. The lowest BCUT2D eigenvalue weighted by atomic mass is 9.90. The Bertz CT molecular complexity index is 658. The number of thiazole rings is 1. The third kappa shape index (κ3) is 3.89. The van der Waals surface area contributed by atoms with Gasteiger partial charge in [-0.3, -0.25) is 0 Å². The molecule has 0 spiro atoms. The zero-order valence-electron chi connectivity index (χ0n) is 13.0. The van der Waals surface area contributed by atoms with E-state index in [1.54, 1.807) is 11.1 Å². The van der Waals surface area contributed by atoms with Crippen LogP contribution in [-0.2, 0) is 19.4 Å². The van der Waals surface area contributed by atoms with Gasteiger partial charge in [0, 0.05) is 23.8 Å². The standard InChI is InChI=1S/C17H21N3O2S/c21-10-9-20(12-16-18-8-11-23-16)17(22)19-15-7-3-5-13-4-1-2-6-14(13)15/h3,5,7-8,11,21H,1-2,4,6,9-10,12H2,(H,19,22). The molecule has 5 nitrogen and oxygen atoms in total. The molecule has 6 heteroatoms. The molecule has 0 saturated heterocycles. The van der Waals surface area contributed by atoms with Crippen molar-refractivity contribution in [2.45, 2.75) is 32.2 Å². The maximum absolute atomic E-state index is 12.6. The number of anilines is 1. The van der Waals surface area contributed by atoms with Crippen molar-refractivity contribution >= 4 is 23.1 Å². The van der Waals surface area contributed by atoms with Gasteiger partial charge in [0.05, 0.1) is 13.2 Å². The van der Waals surface area contributed by atoms with E-state index in [1.165, 1.54) is 35.3 Å². The van der Waals surface area contributed by atoms with E-state index < -0.39 is 0 Å². The fraction of sp³-hybridized carbons (Fsp3) is 0.412. The van der Waals surface area contributed by atoms with Gasteiger partial charge in [0.2, 0.25) is 0 Å². The van der Waals surface area contributed by atoms with Crippen LogP contribution >= 0.6 is 11.3 Å². The van der Waals surface area contributed by atoms with E-state index in [0.29, 0.717) is 13.1 Å². The minimum atomic E-state index is -0.187. The number of hydrogen-bond acceptors (Lipinski definition) is 4. The summed E-state index contributed by atoms with van der Waals surface area (Å²) in [5, 5.41) is 15.0. The SMILES string of the molecule is O=C(Nc1cccc2c1CCCC2)N(CCO)Cc1nccs1. The molecule has 0 fully saturated rings. The summed E-state index contributed by atoms with van der Waals surface area (Å²) in [7, 11) is 0. The minimum absolute atomic E-state index is 0.0638. The van der Waals surface area contributed by atoms with Gasteiger partial charge in [-0.05, 0) is 42.9 Å². The number of nitrogens with one attached hydrogen (secondary N) is 1. The molecule has 1 aliphatic carbocycles. The number of aryl methyl sites for hydroxylation is 1. The predicted octanol–water partition coefficient (Wildman–Crippen LogP) is 3.05. The number of hydrogen-bond donors (Lipinski definition) is 2. The topological polar surface area (TPSA) is 65.5 Å². The number of urea groups is 1. The van der Waals surface area contributed by atoms with Crippen molar-refractivity contribution in [1.82, 2.24) is 9.88 Å². The first-order valence-electron chi connectivity index (χ1n) is 7.94. The molecule has 3 rings (SSSR count). The van der Waals surface area contributed by atoms with Crippen LogP contribution in [0, 0.1) is 0 Å². The summed E-state index contributed by atoms with van der Waals surface area (Å²) in [6, 6.07) is 5.92. The first-order chi connectivity index (χ1) is 11.3. The van der Waals surface area contributed by atoms with Gasteiger partial charge in [0.1, 0.15) is 5.01 Å². The summed E-state index contributed by atoms with van der Waals surface area (Å²) in [6.07, 6.45) is 6.20. The molecule has 1 aromatic carbocycles. The van der Waals surface area contributed by atoms with E-state index in [2.05, 4.69) is 16.4 Å². The Morgan fingerprint density at radius 1 is 1.35 bits per heavy atom. The first-order valence-corrected chi connectivity index (χ1v) is 8.82. The monoisotopic (exact) mass is 331 g/mol. The van der Waals surface area contributed by atoms with Crippen molar-refractivity contribution in [1.29, 1.82) is 0 Å². The smallest absolute Gasteiger partial charge is 0.322 e. The Morgan fingerprint density at radius 3 is 3.00 bits per heavy atom. The van der Waals surface area contributed by atoms with Crippen LogP contribution in [0.5, 0.6) is 0 Å². The van der Waals surface area contributed by atoms with Crippen molar-refractivity contribution in [3.63, 3.8) is 0 Å². The van der Waals surface area contributed by atoms with Crippen LogP contribution in [-0.4, -0.2) is 34.2 Å². The van der Waals surface area contributed by atoms with E-state index in [-0.39, 0.29) is 12.6 Å². The van der Waals surface area contributed by atoms with Crippen molar-refractivity contribution < 1.29 is 9.90 Å². The van der Waals surface area contributed by atoms with Crippen LogP contribution in [0.3, 0.4) is 0 Å². The molecule has 2 aromatic rings. The van der Waals surface area contributed by atoms with Gasteiger partial charge in [-0.25, -0.2) is 9.78 Å². The second-order valence-electron chi connectivity index (χ2n) is 5.65. The van der Waals surface area contributed by atoms with E-state index >= 15 is 0 Å². The number of rotatable bonds is 5. The summed E-state index contributed by atoms with van der Waals surface area (Å²) in [4.78, 5) is 18.4. The van der Waals surface area contributed by atoms with Gasteiger partial charge < -0.3 is 15.3 Å². The van der Waals surface area contributed by atoms with Gasteiger partial charge in [-0.15, -0.1) is 11.3 Å². The Balaban J connectivity index is 1.74. The molecule has 0 atom stereocenters. The third-order valence-electron chi connectivity index (χ3n) is 4.10. The average molecular weight is 331 g/mol. The number of aliphatic hydroxyl groups is 1. The van der Waals surface area contributed by atoms with E-state index in [0.717, 1.165) is 23.5 Å². The van der Waals surface area contributed by atoms with Crippen LogP contribution in [0.15, 0.2) is 29.8 Å². The third-order valence-corrected chi connectivity index (χ3v) is 4.87. The molecule has 122 valence electrons. The zero-order valence-corrected chi connectivity index (χ0v) is 13.8. The molecule has 0 aliphatic heterocycles. The van der Waals surface area contributed by atoms with Crippen LogP contribution in [0.1, 0.15) is 29.0 Å². The molecule has 23 heavy (non-hydrogen) atoms. The summed E-state index contributed by atoms with van der Waals surface area (Å²) in [6.45, 7) is 0.644. The highest BCUT2D eigenvalue weighted by Gasteiger charge is 2.18. The fourth-order valence-electron chi connectivity index (χ4n) is 2.96. The lowest BCUT2D eigenvalue weighted by molar-refractivity contribution is 0.185. The summed E-state index contributed by atoms with van der Waals surface area (Å²) >= 11 is 1.51. The summed E-state index contributed by atoms with van der Waals surface area (Å²) in [5.41, 5.74) is 3.49. The van der Waals surface area contributed by atoms with Crippen LogP contribution in [0.25, 0.3) is 0 Å². The van der Waals surface area contributed by atoms with Gasteiger partial charge in [-0.1, -0.05) is 12.1 Å². The molecule has 0 unspecified atom stereocenters. The highest BCUT2D eigenvalue weighted by molar-refractivity contribution is 7.09. The zero-order chi connectivity index (χ0) is 16.1. The van der Waals surface area contributed by atoms with E-state index in [1.807, 2.05) is 17.5 Å². The number of aromatic nitrogens is 1. The van der Waals surface area contributed by atoms with Gasteiger partial charge >= 0.3 is 6.03 Å². The fourth-order valence-corrected chi connectivity index (χ4v) is 3.59. The van der Waals surface area contributed by atoms with Gasteiger partial charge in [0.25, 0.3) is 0 Å². The molecule has 1 aliphatic rings. The van der Waals surface area contributed by atoms with Crippen molar-refractivity contribution in [3.8, 4) is 0 Å². The number of aliphatic hydroxyl groups excluding tert-OH is 1. The largest absolute Gasteiger partial charge is 0.395 e. The van der Waals surface area contributed by atoms with Crippen molar-refractivity contribution in [2.75, 3.05) is 18.5 Å². The van der Waals surface area contributed by atoms with Crippen LogP contribution in [0.2, 0.25) is 0 Å². The summed E-state index contributed by atoms with van der Waals surface area (Å²) < 4.78 is 0. The Kier molecular flexibility index (Phi) is 5.25. The second kappa shape index (κ2) is 7.57. The normalized spacial score (nSPS) is 13.4. The molecule has 0 radical (unpaired) electrons. The molecule has 0 bridgehead atoms. The van der Waals surface area contributed by atoms with E-state index in [9.17, 15) is 9.90 Å². The Morgan fingerprint density at radius 2 is 2.22 bits per heavy atom. The van der Waals surface area contributed by atoms with Crippen LogP contribution < -0.4 is 5.32 Å². The van der Waals surface area contributed by atoms with Crippen LogP contribution in [0.4, 0.5) is 10.5 Å². The summed E-state index contributed by atoms with van der Waals surface area (Å²) in [5.74, 6) is 0. The maximum Gasteiger partial charge on any atom is 0.322 e. The minimum Gasteiger partial charge on any atom is -0.395 e. The number of amides is 2. The van der Waals surface area contributed by atoms with Gasteiger partial charge in [0.15, 0.2) is 0 Å². The molecular formula is C17H21N3O2S. The number of carbonyl (C=O) groups is 1. The number of fused-ring (bicyclic) bond motifs is 1. The van der Waals surface area contributed by atoms with Crippen molar-refractivity contribution in [3.05, 3.63) is 45.9 Å². The quantitative estimate of drug-likeness (QED) is 0.885. The number of benzene rings is 1. The lowest BCUT2D eigenvalue weighted by Gasteiger charge is -2.24. The molecule has 0 saturated carbocycles. The first kappa shape index (κ1) is 16.0. The lowest BCUT2D eigenvalue weighted by Crippen LogP contribution is -2.36. The molecule has 2 amide bonds. The van der Waals surface area contributed by atoms with Crippen molar-refractivity contribution in [2.24, 2.45) is 0 Å². The Hall–Kier alpha value is -1.92. The average Bonchev–Trinajstić information content (AvgIpc) is 3.08. The highest BCUT2D eigenvalue weighted by atomic mass is 32.1. The molecule has 2 N–H and O–H groups in total. The second-order valence-corrected chi connectivity index (χ2v) is 6.63. The molecular weight excluding hydrogens is 310 g/mol. The predicted molar refractivity (Wildman–Crippen MR) is 91.7 cm³/mol. The molecule has 1 heterocycles. The number of carbonyl (C=O) groups excluding carboxylic acids is 1. The Labute approximate surface area is 140 Å². The maximum atomic E-state index is 12.6.